The van der Waals surface area contributed by atoms with E-state index < -0.39 is 11.8 Å². The van der Waals surface area contributed by atoms with Crippen molar-refractivity contribution in [2.75, 3.05) is 13.2 Å². The van der Waals surface area contributed by atoms with Crippen LogP contribution in [0.4, 0.5) is 0 Å². The summed E-state index contributed by atoms with van der Waals surface area (Å²) in [5.41, 5.74) is 7.48. The summed E-state index contributed by atoms with van der Waals surface area (Å²) < 4.78 is 5.60. The first-order valence-electron chi connectivity index (χ1n) is 7.43. The normalized spacial score (nSPS) is 24.3. The minimum Gasteiger partial charge on any atom is -0.493 e. The molecule has 2 aliphatic heterocycles. The number of fused-ring (bicyclic) bond motifs is 1. The summed E-state index contributed by atoms with van der Waals surface area (Å²) >= 11 is 0. The Bertz CT molecular complexity index is 585. The number of nitrogens with zero attached hydrogens (tertiary/aromatic N) is 1. The fourth-order valence-electron chi connectivity index (χ4n) is 3.40. The molecule has 0 bridgehead atoms. The summed E-state index contributed by atoms with van der Waals surface area (Å²) in [6.07, 6.45) is 2.75. The van der Waals surface area contributed by atoms with Crippen LogP contribution >= 0.6 is 0 Å². The van der Waals surface area contributed by atoms with Crippen molar-refractivity contribution >= 4 is 11.8 Å². The van der Waals surface area contributed by atoms with Crippen LogP contribution in [0.1, 0.15) is 36.9 Å². The number of rotatable bonds is 1. The maximum absolute atomic E-state index is 12.1. The summed E-state index contributed by atoms with van der Waals surface area (Å²) in [4.78, 5) is 25.1. The summed E-state index contributed by atoms with van der Waals surface area (Å²) in [5.74, 6) is -0.170. The molecule has 1 aromatic carbocycles. The fraction of sp³-hybridized carbons (Fsp3) is 0.500. The Balaban J connectivity index is 1.97. The summed E-state index contributed by atoms with van der Waals surface area (Å²) in [6.45, 7) is 3.35. The molecule has 2 heterocycles. The van der Waals surface area contributed by atoms with Crippen molar-refractivity contribution in [3.05, 3.63) is 29.3 Å². The summed E-state index contributed by atoms with van der Waals surface area (Å²) in [7, 11) is 0. The van der Waals surface area contributed by atoms with Gasteiger partial charge in [-0.1, -0.05) is 19.1 Å². The number of amides is 2. The van der Waals surface area contributed by atoms with Crippen LogP contribution < -0.4 is 10.5 Å². The van der Waals surface area contributed by atoms with Gasteiger partial charge in [-0.2, -0.15) is 0 Å². The second-order valence-corrected chi connectivity index (χ2v) is 5.94. The third-order valence-corrected chi connectivity index (χ3v) is 4.43. The van der Waals surface area contributed by atoms with E-state index in [4.69, 9.17) is 10.5 Å². The molecule has 1 fully saturated rings. The second kappa shape index (κ2) is 5.39. The van der Waals surface area contributed by atoms with Crippen LogP contribution in [0.3, 0.4) is 0 Å². The van der Waals surface area contributed by atoms with Crippen LogP contribution in [-0.4, -0.2) is 29.9 Å². The van der Waals surface area contributed by atoms with Crippen LogP contribution in [-0.2, 0) is 16.0 Å². The highest BCUT2D eigenvalue weighted by Crippen LogP contribution is 2.39. The molecule has 0 spiro atoms. The zero-order chi connectivity index (χ0) is 15.0. The maximum Gasteiger partial charge on any atom is 0.312 e. The molecular weight excluding hydrogens is 268 g/mol. The van der Waals surface area contributed by atoms with Crippen molar-refractivity contribution < 1.29 is 14.3 Å². The monoisotopic (exact) mass is 288 g/mol. The molecule has 5 nitrogen and oxygen atoms in total. The standard InChI is InChI=1S/C16H20N2O3/c1-10-5-6-13(18(9-10)16(20)15(17)19)11-3-2-4-14-12(11)7-8-21-14/h2-4,10,13H,5-9H2,1H3,(H2,17,19). The van der Waals surface area contributed by atoms with Crippen molar-refractivity contribution in [1.29, 1.82) is 0 Å². The van der Waals surface area contributed by atoms with Crippen molar-refractivity contribution in [3.63, 3.8) is 0 Å². The number of nitrogens with two attached hydrogens (primary N) is 1. The highest BCUT2D eigenvalue weighted by Gasteiger charge is 2.35. The molecule has 2 unspecified atom stereocenters. The number of carbonyl (C=O) groups excluding carboxylic acids is 2. The van der Waals surface area contributed by atoms with Gasteiger partial charge in [-0.25, -0.2) is 0 Å². The molecule has 2 aliphatic rings. The lowest BCUT2D eigenvalue weighted by atomic mass is 9.87. The van der Waals surface area contributed by atoms with Gasteiger partial charge in [-0.05, 0) is 30.4 Å². The van der Waals surface area contributed by atoms with Gasteiger partial charge in [-0.3, -0.25) is 9.59 Å². The molecule has 3 rings (SSSR count). The Morgan fingerprint density at radius 2 is 2.14 bits per heavy atom. The van der Waals surface area contributed by atoms with Crippen LogP contribution in [0.5, 0.6) is 5.75 Å². The van der Waals surface area contributed by atoms with Gasteiger partial charge < -0.3 is 15.4 Å². The smallest absolute Gasteiger partial charge is 0.312 e. The molecule has 2 N–H and O–H groups in total. The minimum absolute atomic E-state index is 0.0714. The molecule has 2 atom stereocenters. The lowest BCUT2D eigenvalue weighted by Crippen LogP contribution is -2.47. The topological polar surface area (TPSA) is 72.6 Å². The van der Waals surface area contributed by atoms with Crippen molar-refractivity contribution in [3.8, 4) is 5.75 Å². The number of ether oxygens (including phenoxy) is 1. The number of carbonyl (C=O) groups is 2. The van der Waals surface area contributed by atoms with Crippen molar-refractivity contribution in [1.82, 2.24) is 4.90 Å². The first-order valence-corrected chi connectivity index (χ1v) is 7.43. The van der Waals surface area contributed by atoms with Gasteiger partial charge in [0.05, 0.1) is 12.6 Å². The molecule has 0 saturated carbocycles. The molecule has 0 aliphatic carbocycles. The highest BCUT2D eigenvalue weighted by atomic mass is 16.5. The second-order valence-electron chi connectivity index (χ2n) is 5.94. The van der Waals surface area contributed by atoms with Gasteiger partial charge in [0.2, 0.25) is 0 Å². The van der Waals surface area contributed by atoms with E-state index in [9.17, 15) is 9.59 Å². The average Bonchev–Trinajstić information content (AvgIpc) is 2.94. The molecule has 5 heteroatoms. The van der Waals surface area contributed by atoms with Gasteiger partial charge in [0.1, 0.15) is 5.75 Å². The number of primary amides is 1. The summed E-state index contributed by atoms with van der Waals surface area (Å²) in [5, 5.41) is 0. The van der Waals surface area contributed by atoms with E-state index in [1.54, 1.807) is 4.90 Å². The number of piperidine rings is 1. The quantitative estimate of drug-likeness (QED) is 0.794. The van der Waals surface area contributed by atoms with E-state index in [1.807, 2.05) is 18.2 Å². The van der Waals surface area contributed by atoms with Gasteiger partial charge in [0, 0.05) is 18.5 Å². The highest BCUT2D eigenvalue weighted by molar-refractivity contribution is 6.34. The fourth-order valence-corrected chi connectivity index (χ4v) is 3.40. The first-order chi connectivity index (χ1) is 10.1. The van der Waals surface area contributed by atoms with Crippen molar-refractivity contribution in [2.24, 2.45) is 11.7 Å². The Labute approximate surface area is 124 Å². The van der Waals surface area contributed by atoms with E-state index in [0.717, 1.165) is 30.6 Å². The maximum atomic E-state index is 12.1. The number of benzene rings is 1. The van der Waals surface area contributed by atoms with E-state index in [-0.39, 0.29) is 6.04 Å². The zero-order valence-corrected chi connectivity index (χ0v) is 12.2. The Morgan fingerprint density at radius 1 is 1.33 bits per heavy atom. The van der Waals surface area contributed by atoms with E-state index >= 15 is 0 Å². The van der Waals surface area contributed by atoms with Gasteiger partial charge in [0.25, 0.3) is 0 Å². The molecule has 21 heavy (non-hydrogen) atoms. The van der Waals surface area contributed by atoms with Gasteiger partial charge in [-0.15, -0.1) is 0 Å². The number of likely N-dealkylation sites (tertiary alicyclic amines) is 1. The van der Waals surface area contributed by atoms with E-state index in [1.165, 1.54) is 5.56 Å². The Hall–Kier alpha value is -2.04. The molecule has 0 aromatic heterocycles. The largest absolute Gasteiger partial charge is 0.493 e. The predicted molar refractivity (Wildman–Crippen MR) is 77.7 cm³/mol. The lowest BCUT2D eigenvalue weighted by Gasteiger charge is -2.38. The lowest BCUT2D eigenvalue weighted by molar-refractivity contribution is -0.147. The molecule has 1 aromatic rings. The third kappa shape index (κ3) is 2.48. The summed E-state index contributed by atoms with van der Waals surface area (Å²) in [6, 6.07) is 5.87. The predicted octanol–water partition coefficient (Wildman–Crippen LogP) is 1.41. The molecular formula is C16H20N2O3. The zero-order valence-electron chi connectivity index (χ0n) is 12.2. The van der Waals surface area contributed by atoms with Crippen LogP contribution in [0.25, 0.3) is 0 Å². The molecule has 1 saturated heterocycles. The molecule has 0 radical (unpaired) electrons. The van der Waals surface area contributed by atoms with Crippen LogP contribution in [0, 0.1) is 5.92 Å². The van der Waals surface area contributed by atoms with Crippen LogP contribution in [0.2, 0.25) is 0 Å². The van der Waals surface area contributed by atoms with Crippen molar-refractivity contribution in [2.45, 2.75) is 32.2 Å². The molecule has 112 valence electrons. The Morgan fingerprint density at radius 3 is 2.90 bits per heavy atom. The van der Waals surface area contributed by atoms with Gasteiger partial charge >= 0.3 is 11.8 Å². The molecule has 2 amide bonds. The van der Waals surface area contributed by atoms with E-state index in [2.05, 4.69) is 6.92 Å². The third-order valence-electron chi connectivity index (χ3n) is 4.43. The average molecular weight is 288 g/mol. The number of hydrogen-bond acceptors (Lipinski definition) is 3. The first kappa shape index (κ1) is 13.9. The van der Waals surface area contributed by atoms with E-state index in [0.29, 0.717) is 19.1 Å². The SMILES string of the molecule is CC1CCC(c2cccc3c2CCO3)N(C(=O)C(N)=O)C1. The van der Waals surface area contributed by atoms with Gasteiger partial charge in [0.15, 0.2) is 0 Å². The minimum atomic E-state index is -0.877. The Kier molecular flexibility index (Phi) is 3.57. The van der Waals surface area contributed by atoms with Crippen LogP contribution in [0.15, 0.2) is 18.2 Å². The number of hydrogen-bond donors (Lipinski definition) is 1.